The van der Waals surface area contributed by atoms with E-state index in [-0.39, 0.29) is 0 Å². The molecule has 0 saturated carbocycles. The summed E-state index contributed by atoms with van der Waals surface area (Å²) in [5.74, 6) is -6.68. The van der Waals surface area contributed by atoms with Gasteiger partial charge in [0.1, 0.15) is 6.33 Å². The van der Waals surface area contributed by atoms with Gasteiger partial charge in [0.25, 0.3) is 0 Å². The van der Waals surface area contributed by atoms with Crippen molar-refractivity contribution < 1.29 is 22.0 Å². The predicted molar refractivity (Wildman–Crippen MR) is 21.2 cm³/mol. The zero-order valence-electron chi connectivity index (χ0n) is 4.17. The monoisotopic (exact) mass is 146 g/mol. The van der Waals surface area contributed by atoms with Gasteiger partial charge in [0.15, 0.2) is 12.5 Å². The van der Waals surface area contributed by atoms with Gasteiger partial charge in [-0.15, -0.1) is 0 Å². The zero-order valence-corrected chi connectivity index (χ0v) is 4.17. The summed E-state index contributed by atoms with van der Waals surface area (Å²) < 4.78 is 56.3. The third-order valence-corrected chi connectivity index (χ3v) is 0.613. The lowest BCUT2D eigenvalue weighted by atomic mass is 10.3. The summed E-state index contributed by atoms with van der Waals surface area (Å²) in [6.45, 7) is -2.22. The van der Waals surface area contributed by atoms with Crippen LogP contribution in [0, 0.1) is 0 Å². The molecule has 0 N–H and O–H groups in total. The van der Waals surface area contributed by atoms with Gasteiger partial charge in [-0.1, -0.05) is 0 Å². The maximum absolute atomic E-state index is 11.5. The molecule has 0 spiro atoms. The number of alkyl halides is 3. The van der Waals surface area contributed by atoms with Crippen LogP contribution in [-0.2, 0) is 0 Å². The lowest BCUT2D eigenvalue weighted by molar-refractivity contribution is -0.00695. The second kappa shape index (κ2) is 2.80. The van der Waals surface area contributed by atoms with Crippen LogP contribution in [-0.4, -0.2) is 12.6 Å². The highest BCUT2D eigenvalue weighted by Gasteiger charge is 2.35. The van der Waals surface area contributed by atoms with Crippen molar-refractivity contribution in [3.8, 4) is 0 Å². The molecule has 0 aliphatic carbocycles. The molecule has 0 atom stereocenters. The summed E-state index contributed by atoms with van der Waals surface area (Å²) in [6.07, 6.45) is -0.959. The smallest absolute Gasteiger partial charge is 0.244 e. The van der Waals surface area contributed by atoms with Crippen LogP contribution < -0.4 is 0 Å². The van der Waals surface area contributed by atoms with E-state index in [9.17, 15) is 22.0 Å². The van der Waals surface area contributed by atoms with Crippen LogP contribution in [0.3, 0.4) is 0 Å². The van der Waals surface area contributed by atoms with Gasteiger partial charge in [-0.05, 0) is 0 Å². The predicted octanol–water partition coefficient (Wildman–Crippen LogP) is 2.37. The second-order valence-electron chi connectivity index (χ2n) is 1.30. The molecule has 0 aromatic carbocycles. The Balaban J connectivity index is 4.14. The normalized spacial score (nSPS) is 14.1. The molecule has 5 heteroatoms. The molecule has 0 saturated heterocycles. The fourth-order valence-corrected chi connectivity index (χ4v) is 0.144. The first kappa shape index (κ1) is 8.39. The van der Waals surface area contributed by atoms with E-state index >= 15 is 0 Å². The van der Waals surface area contributed by atoms with Crippen molar-refractivity contribution in [2.75, 3.05) is 6.67 Å². The van der Waals surface area contributed by atoms with Gasteiger partial charge in [0, 0.05) is 0 Å². The van der Waals surface area contributed by atoms with E-state index in [1.807, 2.05) is 0 Å². The first-order chi connectivity index (χ1) is 4.04. The number of rotatable bonds is 2. The van der Waals surface area contributed by atoms with Gasteiger partial charge in [0.2, 0.25) is 0 Å². The van der Waals surface area contributed by atoms with Crippen molar-refractivity contribution in [2.24, 2.45) is 0 Å². The molecule has 0 aromatic rings. The van der Waals surface area contributed by atoms with Gasteiger partial charge in [-0.25, -0.2) is 13.2 Å². The standard InChI is InChI=1S/C4H3F5/c5-1-3(7)4(8,9)2-6/h1H,2H2/b3-1-. The summed E-state index contributed by atoms with van der Waals surface area (Å²) in [6, 6.07) is 0. The summed E-state index contributed by atoms with van der Waals surface area (Å²) in [5, 5.41) is 0. The molecule has 0 aliphatic rings. The van der Waals surface area contributed by atoms with Crippen LogP contribution in [0.1, 0.15) is 0 Å². The first-order valence-corrected chi connectivity index (χ1v) is 1.94. The number of hydrogen-bond acceptors (Lipinski definition) is 0. The lowest BCUT2D eigenvalue weighted by Crippen LogP contribution is -2.18. The van der Waals surface area contributed by atoms with Gasteiger partial charge >= 0.3 is 5.92 Å². The van der Waals surface area contributed by atoms with E-state index in [0.29, 0.717) is 0 Å². The maximum atomic E-state index is 11.5. The van der Waals surface area contributed by atoms with E-state index in [0.717, 1.165) is 0 Å². The van der Waals surface area contributed by atoms with Crippen molar-refractivity contribution in [3.63, 3.8) is 0 Å². The summed E-state index contributed by atoms with van der Waals surface area (Å²) in [5.41, 5.74) is 0. The Hall–Kier alpha value is -0.610. The Bertz CT molecular complexity index is 116. The molecule has 0 bridgehead atoms. The number of allylic oxidation sites excluding steroid dienone is 1. The molecule has 54 valence electrons. The molecule has 0 nitrogen and oxygen atoms in total. The molecule has 0 aromatic heterocycles. The molecule has 0 heterocycles. The van der Waals surface area contributed by atoms with Crippen LogP contribution in [0.15, 0.2) is 12.2 Å². The molecular weight excluding hydrogens is 143 g/mol. The molecule has 0 rings (SSSR count). The van der Waals surface area contributed by atoms with Crippen LogP contribution in [0.2, 0.25) is 0 Å². The van der Waals surface area contributed by atoms with Crippen LogP contribution >= 0.6 is 0 Å². The van der Waals surface area contributed by atoms with Crippen LogP contribution in [0.25, 0.3) is 0 Å². The zero-order chi connectivity index (χ0) is 7.49. The highest BCUT2D eigenvalue weighted by atomic mass is 19.3. The lowest BCUT2D eigenvalue weighted by Gasteiger charge is -2.05. The summed E-state index contributed by atoms with van der Waals surface area (Å²) >= 11 is 0. The van der Waals surface area contributed by atoms with Crippen molar-refractivity contribution in [3.05, 3.63) is 12.2 Å². The molecule has 0 unspecified atom stereocenters. The third kappa shape index (κ3) is 1.99. The van der Waals surface area contributed by atoms with Crippen LogP contribution in [0.5, 0.6) is 0 Å². The average Bonchev–Trinajstić information content (AvgIpc) is 1.86. The Labute approximate surface area is 48.0 Å². The number of halogens is 5. The van der Waals surface area contributed by atoms with Gasteiger partial charge in [-0.3, -0.25) is 0 Å². The first-order valence-electron chi connectivity index (χ1n) is 1.94. The van der Waals surface area contributed by atoms with E-state index < -0.39 is 24.8 Å². The molecule has 0 aliphatic heterocycles. The quantitative estimate of drug-likeness (QED) is 0.524. The Morgan fingerprint density at radius 1 is 1.44 bits per heavy atom. The molecule has 9 heavy (non-hydrogen) atoms. The molecule has 0 amide bonds. The molecule has 0 fully saturated rings. The molecule has 0 radical (unpaired) electrons. The SMILES string of the molecule is F/C=C(\F)C(F)(F)CF. The van der Waals surface area contributed by atoms with Gasteiger partial charge in [-0.2, -0.15) is 8.78 Å². The average molecular weight is 146 g/mol. The maximum Gasteiger partial charge on any atom is 0.328 e. The van der Waals surface area contributed by atoms with Gasteiger partial charge in [0.05, 0.1) is 0 Å². The summed E-state index contributed by atoms with van der Waals surface area (Å²) in [4.78, 5) is 0. The van der Waals surface area contributed by atoms with Crippen molar-refractivity contribution >= 4 is 0 Å². The van der Waals surface area contributed by atoms with E-state index in [1.54, 1.807) is 0 Å². The summed E-state index contributed by atoms with van der Waals surface area (Å²) in [7, 11) is 0. The third-order valence-electron chi connectivity index (χ3n) is 0.613. The van der Waals surface area contributed by atoms with Crippen molar-refractivity contribution in [2.45, 2.75) is 5.92 Å². The minimum absolute atomic E-state index is 0.959. The highest BCUT2D eigenvalue weighted by Crippen LogP contribution is 2.25. The fourth-order valence-electron chi connectivity index (χ4n) is 0.144. The Kier molecular flexibility index (Phi) is 2.61. The second-order valence-corrected chi connectivity index (χ2v) is 1.30. The largest absolute Gasteiger partial charge is 0.328 e. The van der Waals surface area contributed by atoms with E-state index in [1.165, 1.54) is 0 Å². The Morgan fingerprint density at radius 3 is 2.00 bits per heavy atom. The molecular formula is C4H3F5. The topological polar surface area (TPSA) is 0 Å². The van der Waals surface area contributed by atoms with Crippen molar-refractivity contribution in [1.29, 1.82) is 0 Å². The minimum Gasteiger partial charge on any atom is -0.244 e. The van der Waals surface area contributed by atoms with E-state index in [4.69, 9.17) is 0 Å². The van der Waals surface area contributed by atoms with Gasteiger partial charge < -0.3 is 0 Å². The Morgan fingerprint density at radius 2 is 1.89 bits per heavy atom. The minimum atomic E-state index is -4.30. The fraction of sp³-hybridized carbons (Fsp3) is 0.500. The van der Waals surface area contributed by atoms with E-state index in [2.05, 4.69) is 0 Å². The highest BCUT2D eigenvalue weighted by molar-refractivity contribution is 4.99. The van der Waals surface area contributed by atoms with Crippen molar-refractivity contribution in [1.82, 2.24) is 0 Å². The number of hydrogen-bond donors (Lipinski definition) is 0. The van der Waals surface area contributed by atoms with Crippen LogP contribution in [0.4, 0.5) is 22.0 Å².